The van der Waals surface area contributed by atoms with Crippen molar-refractivity contribution < 1.29 is 9.90 Å². The standard InChI is InChI=1S/C14H14BrNO2S/c1-9(13-3-2-6-19-13)16-8-11-5-4-10(14(17)18)7-12(11)15/h2-7,9,16H,8H2,1H3,(H,17,18)/t9-/m1/s1. The molecular formula is C14H14BrNO2S. The van der Waals surface area contributed by atoms with Gasteiger partial charge in [0.1, 0.15) is 0 Å². The van der Waals surface area contributed by atoms with Crippen molar-refractivity contribution in [2.24, 2.45) is 0 Å². The lowest BCUT2D eigenvalue weighted by Crippen LogP contribution is -2.17. The second-order valence-electron chi connectivity index (χ2n) is 4.23. The summed E-state index contributed by atoms with van der Waals surface area (Å²) in [5.74, 6) is -0.910. The van der Waals surface area contributed by atoms with Crippen molar-refractivity contribution in [3.8, 4) is 0 Å². The molecule has 0 radical (unpaired) electrons. The van der Waals surface area contributed by atoms with Gasteiger partial charge >= 0.3 is 5.97 Å². The highest BCUT2D eigenvalue weighted by Crippen LogP contribution is 2.22. The molecule has 1 atom stereocenters. The molecule has 0 bridgehead atoms. The fourth-order valence-electron chi connectivity index (χ4n) is 1.73. The van der Waals surface area contributed by atoms with Crippen LogP contribution in [0.5, 0.6) is 0 Å². The van der Waals surface area contributed by atoms with Gasteiger partial charge in [-0.05, 0) is 36.1 Å². The first-order chi connectivity index (χ1) is 9.08. The van der Waals surface area contributed by atoms with E-state index < -0.39 is 5.97 Å². The molecule has 3 nitrogen and oxygen atoms in total. The summed E-state index contributed by atoms with van der Waals surface area (Å²) >= 11 is 5.14. The molecule has 0 fully saturated rings. The maximum Gasteiger partial charge on any atom is 0.335 e. The summed E-state index contributed by atoms with van der Waals surface area (Å²) < 4.78 is 0.818. The van der Waals surface area contributed by atoms with E-state index in [0.717, 1.165) is 10.0 Å². The van der Waals surface area contributed by atoms with Crippen molar-refractivity contribution >= 4 is 33.2 Å². The third-order valence-corrected chi connectivity index (χ3v) is 4.66. The first kappa shape index (κ1) is 14.2. The second kappa shape index (κ2) is 6.32. The molecule has 0 saturated heterocycles. The Balaban J connectivity index is 2.02. The van der Waals surface area contributed by atoms with Gasteiger partial charge in [0, 0.05) is 21.9 Å². The quantitative estimate of drug-likeness (QED) is 0.863. The summed E-state index contributed by atoms with van der Waals surface area (Å²) in [6.07, 6.45) is 0. The number of thiophene rings is 1. The highest BCUT2D eigenvalue weighted by atomic mass is 79.9. The van der Waals surface area contributed by atoms with E-state index >= 15 is 0 Å². The molecule has 19 heavy (non-hydrogen) atoms. The second-order valence-corrected chi connectivity index (χ2v) is 6.06. The number of benzene rings is 1. The van der Waals surface area contributed by atoms with Gasteiger partial charge in [-0.2, -0.15) is 0 Å². The molecule has 1 aromatic carbocycles. The maximum absolute atomic E-state index is 10.9. The normalized spacial score (nSPS) is 12.3. The molecule has 2 N–H and O–H groups in total. The molecule has 0 unspecified atom stereocenters. The van der Waals surface area contributed by atoms with Gasteiger partial charge < -0.3 is 10.4 Å². The van der Waals surface area contributed by atoms with Crippen molar-refractivity contribution in [1.82, 2.24) is 5.32 Å². The van der Waals surface area contributed by atoms with E-state index in [9.17, 15) is 4.79 Å². The molecule has 2 aromatic rings. The summed E-state index contributed by atoms with van der Waals surface area (Å²) in [7, 11) is 0. The zero-order valence-electron chi connectivity index (χ0n) is 10.4. The number of carboxylic acid groups (broad SMARTS) is 1. The van der Waals surface area contributed by atoms with Crippen molar-refractivity contribution in [3.05, 3.63) is 56.2 Å². The lowest BCUT2D eigenvalue weighted by molar-refractivity contribution is 0.0697. The topological polar surface area (TPSA) is 49.3 Å². The molecule has 1 heterocycles. The minimum Gasteiger partial charge on any atom is -0.478 e. The number of hydrogen-bond acceptors (Lipinski definition) is 3. The Morgan fingerprint density at radius 2 is 2.26 bits per heavy atom. The number of carboxylic acids is 1. The van der Waals surface area contributed by atoms with E-state index in [1.54, 1.807) is 23.5 Å². The van der Waals surface area contributed by atoms with Gasteiger partial charge in [0.05, 0.1) is 5.56 Å². The molecular weight excluding hydrogens is 326 g/mol. The molecule has 0 aliphatic heterocycles. The molecule has 2 rings (SSSR count). The monoisotopic (exact) mass is 339 g/mol. The lowest BCUT2D eigenvalue weighted by Gasteiger charge is -2.13. The van der Waals surface area contributed by atoms with E-state index in [1.807, 2.05) is 12.1 Å². The van der Waals surface area contributed by atoms with Gasteiger partial charge in [-0.25, -0.2) is 4.79 Å². The summed E-state index contributed by atoms with van der Waals surface area (Å²) in [4.78, 5) is 12.1. The van der Waals surface area contributed by atoms with E-state index in [2.05, 4.69) is 39.6 Å². The van der Waals surface area contributed by atoms with Crippen LogP contribution in [-0.4, -0.2) is 11.1 Å². The van der Waals surface area contributed by atoms with E-state index in [1.165, 1.54) is 4.88 Å². The Kier molecular flexibility index (Phi) is 4.74. The summed E-state index contributed by atoms with van der Waals surface area (Å²) in [5.41, 5.74) is 1.34. The molecule has 0 spiro atoms. The van der Waals surface area contributed by atoms with Gasteiger partial charge in [-0.15, -0.1) is 11.3 Å². The summed E-state index contributed by atoms with van der Waals surface area (Å²) in [5, 5.41) is 14.4. The summed E-state index contributed by atoms with van der Waals surface area (Å²) in [6, 6.07) is 9.52. The zero-order valence-corrected chi connectivity index (χ0v) is 12.8. The minimum atomic E-state index is -0.910. The molecule has 0 aliphatic rings. The Morgan fingerprint density at radius 3 is 2.84 bits per heavy atom. The number of aromatic carboxylic acids is 1. The van der Waals surface area contributed by atoms with Crippen LogP contribution in [0.1, 0.15) is 33.8 Å². The largest absolute Gasteiger partial charge is 0.478 e. The molecule has 1 aromatic heterocycles. The Labute approximate surface area is 124 Å². The Bertz CT molecular complexity index is 569. The van der Waals surface area contributed by atoms with Crippen molar-refractivity contribution in [1.29, 1.82) is 0 Å². The highest BCUT2D eigenvalue weighted by Gasteiger charge is 2.09. The van der Waals surface area contributed by atoms with Crippen LogP contribution >= 0.6 is 27.3 Å². The Hall–Kier alpha value is -1.17. The minimum absolute atomic E-state index is 0.283. The molecule has 0 amide bonds. The van der Waals surface area contributed by atoms with Gasteiger partial charge in [-0.3, -0.25) is 0 Å². The van der Waals surface area contributed by atoms with E-state index in [4.69, 9.17) is 5.11 Å². The fraction of sp³-hybridized carbons (Fsp3) is 0.214. The van der Waals surface area contributed by atoms with Crippen LogP contribution in [0.3, 0.4) is 0 Å². The van der Waals surface area contributed by atoms with E-state index in [-0.39, 0.29) is 6.04 Å². The average Bonchev–Trinajstić information content (AvgIpc) is 2.90. The number of carbonyl (C=O) groups is 1. The van der Waals surface area contributed by atoms with Crippen molar-refractivity contribution in [3.63, 3.8) is 0 Å². The van der Waals surface area contributed by atoms with Crippen molar-refractivity contribution in [2.75, 3.05) is 0 Å². The lowest BCUT2D eigenvalue weighted by atomic mass is 10.1. The van der Waals surface area contributed by atoms with Crippen LogP contribution in [0.4, 0.5) is 0 Å². The van der Waals surface area contributed by atoms with E-state index in [0.29, 0.717) is 12.1 Å². The third kappa shape index (κ3) is 3.65. The average molecular weight is 340 g/mol. The summed E-state index contributed by atoms with van der Waals surface area (Å²) in [6.45, 7) is 2.81. The van der Waals surface area contributed by atoms with Crippen molar-refractivity contribution in [2.45, 2.75) is 19.5 Å². The molecule has 5 heteroatoms. The highest BCUT2D eigenvalue weighted by molar-refractivity contribution is 9.10. The zero-order chi connectivity index (χ0) is 13.8. The molecule has 0 saturated carbocycles. The van der Waals surface area contributed by atoms with Gasteiger partial charge in [0.2, 0.25) is 0 Å². The predicted octanol–water partition coefficient (Wildman–Crippen LogP) is 4.06. The van der Waals surface area contributed by atoms with Gasteiger partial charge in [-0.1, -0.05) is 28.1 Å². The first-order valence-corrected chi connectivity index (χ1v) is 7.53. The van der Waals surface area contributed by atoms with Crippen LogP contribution < -0.4 is 5.32 Å². The van der Waals surface area contributed by atoms with Crippen LogP contribution in [0, 0.1) is 0 Å². The van der Waals surface area contributed by atoms with Crippen LogP contribution in [0.25, 0.3) is 0 Å². The maximum atomic E-state index is 10.9. The first-order valence-electron chi connectivity index (χ1n) is 5.86. The Morgan fingerprint density at radius 1 is 1.47 bits per heavy atom. The van der Waals surface area contributed by atoms with Gasteiger partial charge in [0.15, 0.2) is 0 Å². The number of rotatable bonds is 5. The number of hydrogen-bond donors (Lipinski definition) is 2. The number of nitrogens with one attached hydrogen (secondary N) is 1. The van der Waals surface area contributed by atoms with Crippen LogP contribution in [0.15, 0.2) is 40.2 Å². The molecule has 100 valence electrons. The fourth-order valence-corrected chi connectivity index (χ4v) is 3.00. The van der Waals surface area contributed by atoms with Crippen LogP contribution in [-0.2, 0) is 6.54 Å². The SMILES string of the molecule is C[C@@H](NCc1ccc(C(=O)O)cc1Br)c1cccs1. The number of halogens is 1. The third-order valence-electron chi connectivity index (χ3n) is 2.87. The van der Waals surface area contributed by atoms with Crippen LogP contribution in [0.2, 0.25) is 0 Å². The van der Waals surface area contributed by atoms with Gasteiger partial charge in [0.25, 0.3) is 0 Å². The smallest absolute Gasteiger partial charge is 0.335 e. The molecule has 0 aliphatic carbocycles. The predicted molar refractivity (Wildman–Crippen MR) is 80.7 cm³/mol.